The lowest BCUT2D eigenvalue weighted by atomic mass is 10.2. The van der Waals surface area contributed by atoms with E-state index in [0.717, 1.165) is 25.2 Å². The van der Waals surface area contributed by atoms with E-state index in [2.05, 4.69) is 9.88 Å². The van der Waals surface area contributed by atoms with Crippen LogP contribution in [0.25, 0.3) is 0 Å². The average molecular weight is 349 g/mol. The highest BCUT2D eigenvalue weighted by Crippen LogP contribution is 2.25. The van der Waals surface area contributed by atoms with Crippen molar-refractivity contribution in [2.45, 2.75) is 12.6 Å². The van der Waals surface area contributed by atoms with Crippen LogP contribution in [0, 0.1) is 0 Å². The Morgan fingerprint density at radius 2 is 2.25 bits per heavy atom. The maximum absolute atomic E-state index is 6.20. The number of ether oxygens (including phenoxy) is 3. The number of halogens is 1. The second-order valence-corrected chi connectivity index (χ2v) is 6.08. The van der Waals surface area contributed by atoms with E-state index in [0.29, 0.717) is 29.9 Å². The van der Waals surface area contributed by atoms with Crippen LogP contribution in [-0.4, -0.2) is 49.4 Å². The predicted molar refractivity (Wildman–Crippen MR) is 92.8 cm³/mol. The van der Waals surface area contributed by atoms with Crippen LogP contribution in [0.1, 0.15) is 5.56 Å². The predicted octanol–water partition coefficient (Wildman–Crippen LogP) is 3.02. The molecule has 0 aliphatic carbocycles. The summed E-state index contributed by atoms with van der Waals surface area (Å²) < 4.78 is 16.7. The normalized spacial score (nSPS) is 18.3. The molecule has 1 atom stereocenters. The van der Waals surface area contributed by atoms with Gasteiger partial charge in [0.1, 0.15) is 18.5 Å². The second-order valence-electron chi connectivity index (χ2n) is 5.68. The van der Waals surface area contributed by atoms with Gasteiger partial charge in [0.2, 0.25) is 5.88 Å². The topological polar surface area (TPSA) is 43.8 Å². The zero-order valence-corrected chi connectivity index (χ0v) is 14.4. The first-order valence-electron chi connectivity index (χ1n) is 7.95. The van der Waals surface area contributed by atoms with E-state index in [9.17, 15) is 0 Å². The zero-order chi connectivity index (χ0) is 16.8. The summed E-state index contributed by atoms with van der Waals surface area (Å²) in [5.41, 5.74) is 1.16. The Labute approximate surface area is 147 Å². The molecule has 0 amide bonds. The Hall–Kier alpha value is -1.82. The van der Waals surface area contributed by atoms with Crippen LogP contribution in [0.2, 0.25) is 5.02 Å². The smallest absolute Gasteiger partial charge is 0.213 e. The van der Waals surface area contributed by atoms with E-state index >= 15 is 0 Å². The van der Waals surface area contributed by atoms with Crippen molar-refractivity contribution in [3.63, 3.8) is 0 Å². The quantitative estimate of drug-likeness (QED) is 0.803. The van der Waals surface area contributed by atoms with Crippen molar-refractivity contribution in [3.8, 4) is 11.6 Å². The summed E-state index contributed by atoms with van der Waals surface area (Å²) in [6.45, 7) is 3.73. The van der Waals surface area contributed by atoms with Gasteiger partial charge in [-0.05, 0) is 23.8 Å². The third-order valence-electron chi connectivity index (χ3n) is 3.90. The Kier molecular flexibility index (Phi) is 5.91. The molecule has 0 radical (unpaired) electrons. The molecule has 0 unspecified atom stereocenters. The van der Waals surface area contributed by atoms with Gasteiger partial charge in [0.25, 0.3) is 0 Å². The molecule has 6 heteroatoms. The van der Waals surface area contributed by atoms with Crippen molar-refractivity contribution in [1.29, 1.82) is 0 Å². The Morgan fingerprint density at radius 1 is 1.33 bits per heavy atom. The number of methoxy groups -OCH3 is 1. The van der Waals surface area contributed by atoms with Crippen molar-refractivity contribution >= 4 is 11.6 Å². The monoisotopic (exact) mass is 348 g/mol. The fourth-order valence-electron chi connectivity index (χ4n) is 2.70. The van der Waals surface area contributed by atoms with Crippen molar-refractivity contribution in [2.75, 3.05) is 33.4 Å². The lowest BCUT2D eigenvalue weighted by Gasteiger charge is -2.32. The Morgan fingerprint density at radius 3 is 3.00 bits per heavy atom. The van der Waals surface area contributed by atoms with Gasteiger partial charge in [0.05, 0.1) is 18.7 Å². The number of aromatic nitrogens is 1. The fraction of sp³-hybridized carbons (Fsp3) is 0.389. The first-order valence-corrected chi connectivity index (χ1v) is 8.32. The molecule has 3 rings (SSSR count). The summed E-state index contributed by atoms with van der Waals surface area (Å²) >= 11 is 6.20. The van der Waals surface area contributed by atoms with E-state index < -0.39 is 0 Å². The van der Waals surface area contributed by atoms with Gasteiger partial charge in [-0.2, -0.15) is 0 Å². The van der Waals surface area contributed by atoms with Crippen molar-refractivity contribution in [2.24, 2.45) is 0 Å². The summed E-state index contributed by atoms with van der Waals surface area (Å²) in [5.74, 6) is 1.32. The van der Waals surface area contributed by atoms with Crippen LogP contribution >= 0.6 is 11.6 Å². The van der Waals surface area contributed by atoms with E-state index in [1.165, 1.54) is 0 Å². The summed E-state index contributed by atoms with van der Waals surface area (Å²) in [6, 6.07) is 11.5. The van der Waals surface area contributed by atoms with Gasteiger partial charge in [-0.25, -0.2) is 4.98 Å². The molecule has 0 bridgehead atoms. The summed E-state index contributed by atoms with van der Waals surface area (Å²) in [6.07, 6.45) is 1.76. The number of hydrogen-bond donors (Lipinski definition) is 0. The van der Waals surface area contributed by atoms with Gasteiger partial charge in [-0.1, -0.05) is 23.7 Å². The minimum absolute atomic E-state index is 0.0366. The van der Waals surface area contributed by atoms with Crippen LogP contribution in [0.5, 0.6) is 11.6 Å². The molecular formula is C18H21ClN2O3. The minimum atomic E-state index is 0.0366. The number of rotatable bonds is 6. The first kappa shape index (κ1) is 17.0. The highest BCUT2D eigenvalue weighted by molar-refractivity contribution is 6.32. The van der Waals surface area contributed by atoms with E-state index in [-0.39, 0.29) is 6.10 Å². The molecule has 0 spiro atoms. The molecule has 2 heterocycles. The molecule has 128 valence electrons. The first-order chi connectivity index (χ1) is 11.7. The SMILES string of the molecule is COc1ccc(CN2CCO[C@H](COc3ccccn3)C2)cc1Cl. The molecule has 2 aromatic rings. The highest BCUT2D eigenvalue weighted by Gasteiger charge is 2.21. The Bertz CT molecular complexity index is 654. The Balaban J connectivity index is 1.52. The summed E-state index contributed by atoms with van der Waals surface area (Å²) in [4.78, 5) is 6.50. The number of morpholine rings is 1. The third kappa shape index (κ3) is 4.60. The van der Waals surface area contributed by atoms with Crippen molar-refractivity contribution in [1.82, 2.24) is 9.88 Å². The molecule has 5 nitrogen and oxygen atoms in total. The molecule has 1 aliphatic heterocycles. The van der Waals surface area contributed by atoms with Crippen LogP contribution in [0.4, 0.5) is 0 Å². The zero-order valence-electron chi connectivity index (χ0n) is 13.7. The molecule has 1 aliphatic rings. The lowest BCUT2D eigenvalue weighted by molar-refractivity contribution is -0.0510. The van der Waals surface area contributed by atoms with Crippen LogP contribution in [-0.2, 0) is 11.3 Å². The molecule has 24 heavy (non-hydrogen) atoms. The van der Waals surface area contributed by atoms with E-state index in [1.54, 1.807) is 13.3 Å². The minimum Gasteiger partial charge on any atom is -0.495 e. The lowest BCUT2D eigenvalue weighted by Crippen LogP contribution is -2.44. The standard InChI is InChI=1S/C18H21ClN2O3/c1-22-17-6-5-14(10-16(17)19)11-21-8-9-23-15(12-21)13-24-18-4-2-3-7-20-18/h2-7,10,15H,8-9,11-13H2,1H3/t15-/m0/s1. The van der Waals surface area contributed by atoms with Crippen LogP contribution < -0.4 is 9.47 Å². The molecule has 0 saturated carbocycles. The van der Waals surface area contributed by atoms with Gasteiger partial charge in [0.15, 0.2) is 0 Å². The fourth-order valence-corrected chi connectivity index (χ4v) is 2.98. The number of hydrogen-bond acceptors (Lipinski definition) is 5. The highest BCUT2D eigenvalue weighted by atomic mass is 35.5. The number of pyridine rings is 1. The van der Waals surface area contributed by atoms with Gasteiger partial charge in [0, 0.05) is 31.9 Å². The third-order valence-corrected chi connectivity index (χ3v) is 4.20. The largest absolute Gasteiger partial charge is 0.495 e. The average Bonchev–Trinajstić information content (AvgIpc) is 2.61. The molecule has 1 aromatic carbocycles. The summed E-state index contributed by atoms with van der Waals surface area (Å²) in [5, 5.41) is 0.637. The second kappa shape index (κ2) is 8.33. The molecule has 1 aromatic heterocycles. The number of nitrogens with zero attached hydrogens (tertiary/aromatic N) is 2. The molecule has 1 saturated heterocycles. The molecule has 1 fully saturated rings. The van der Waals surface area contributed by atoms with Gasteiger partial charge < -0.3 is 14.2 Å². The maximum atomic E-state index is 6.20. The van der Waals surface area contributed by atoms with Gasteiger partial charge >= 0.3 is 0 Å². The maximum Gasteiger partial charge on any atom is 0.213 e. The summed E-state index contributed by atoms with van der Waals surface area (Å²) in [7, 11) is 1.62. The van der Waals surface area contributed by atoms with Crippen LogP contribution in [0.15, 0.2) is 42.6 Å². The van der Waals surface area contributed by atoms with Gasteiger partial charge in [-0.15, -0.1) is 0 Å². The van der Waals surface area contributed by atoms with E-state index in [4.69, 9.17) is 25.8 Å². The van der Waals surface area contributed by atoms with E-state index in [1.807, 2.05) is 36.4 Å². The number of benzene rings is 1. The molecular weight excluding hydrogens is 328 g/mol. The van der Waals surface area contributed by atoms with Gasteiger partial charge in [-0.3, -0.25) is 4.90 Å². The van der Waals surface area contributed by atoms with Crippen molar-refractivity contribution in [3.05, 3.63) is 53.2 Å². The van der Waals surface area contributed by atoms with Crippen LogP contribution in [0.3, 0.4) is 0 Å². The molecule has 0 N–H and O–H groups in total. The van der Waals surface area contributed by atoms with Crippen molar-refractivity contribution < 1.29 is 14.2 Å².